The van der Waals surface area contributed by atoms with Crippen LogP contribution in [0.25, 0.3) is 0 Å². The van der Waals surface area contributed by atoms with E-state index in [4.69, 9.17) is 0 Å². The van der Waals surface area contributed by atoms with Gasteiger partial charge in [0.2, 0.25) is 11.8 Å². The molecule has 1 unspecified atom stereocenters. The average Bonchev–Trinajstić information content (AvgIpc) is 2.41. The zero-order valence-corrected chi connectivity index (χ0v) is 12.6. The number of rotatable bonds is 2. The zero-order chi connectivity index (χ0) is 14.9. The Morgan fingerprint density at radius 2 is 1.95 bits per heavy atom. The van der Waals surface area contributed by atoms with Crippen LogP contribution < -0.4 is 5.32 Å². The smallest absolute Gasteiger partial charge is 0.248 e. The molecule has 0 radical (unpaired) electrons. The largest absolute Gasteiger partial charge is 0.342 e. The molecule has 1 fully saturated rings. The summed E-state index contributed by atoms with van der Waals surface area (Å²) in [4.78, 5) is 26.3. The van der Waals surface area contributed by atoms with Crippen molar-refractivity contribution in [1.82, 2.24) is 10.2 Å². The van der Waals surface area contributed by atoms with Crippen molar-refractivity contribution in [2.75, 3.05) is 0 Å². The molecule has 1 aliphatic rings. The van der Waals surface area contributed by atoms with E-state index in [0.717, 1.165) is 11.1 Å². The van der Waals surface area contributed by atoms with Crippen LogP contribution in [0.15, 0.2) is 24.3 Å². The first kappa shape index (κ1) is 14.6. The summed E-state index contributed by atoms with van der Waals surface area (Å²) in [5.41, 5.74) is 1.44. The van der Waals surface area contributed by atoms with E-state index < -0.39 is 5.54 Å². The standard InChI is InChI=1S/C16H22N2O2/c1-11-7-5-6-8-13(11)10-18-12(2)9-14(19)17-16(3,4)15(18)20/h5-8,12H,9-10H2,1-4H3,(H,17,19). The number of hydrogen-bond acceptors (Lipinski definition) is 2. The van der Waals surface area contributed by atoms with E-state index in [9.17, 15) is 9.59 Å². The molecule has 1 aliphatic heterocycles. The molecule has 0 saturated carbocycles. The maximum absolute atomic E-state index is 12.6. The molecule has 0 aliphatic carbocycles. The maximum atomic E-state index is 12.6. The molecule has 0 spiro atoms. The minimum absolute atomic E-state index is 0.0286. The van der Waals surface area contributed by atoms with Crippen LogP contribution in [0, 0.1) is 6.92 Å². The second-order valence-corrected chi connectivity index (χ2v) is 6.09. The summed E-state index contributed by atoms with van der Waals surface area (Å²) in [6.07, 6.45) is 0.348. The van der Waals surface area contributed by atoms with Crippen molar-refractivity contribution in [3.05, 3.63) is 35.4 Å². The van der Waals surface area contributed by atoms with Crippen LogP contribution in [0.5, 0.6) is 0 Å². The van der Waals surface area contributed by atoms with Crippen molar-refractivity contribution < 1.29 is 9.59 Å². The van der Waals surface area contributed by atoms with Crippen LogP contribution in [0.2, 0.25) is 0 Å². The molecule has 0 aromatic heterocycles. The number of aryl methyl sites for hydroxylation is 1. The Hall–Kier alpha value is -1.84. The molecular weight excluding hydrogens is 252 g/mol. The second kappa shape index (κ2) is 5.27. The summed E-state index contributed by atoms with van der Waals surface area (Å²) >= 11 is 0. The van der Waals surface area contributed by atoms with Gasteiger partial charge in [-0.15, -0.1) is 0 Å². The van der Waals surface area contributed by atoms with Gasteiger partial charge in [0.05, 0.1) is 0 Å². The van der Waals surface area contributed by atoms with Gasteiger partial charge in [0.1, 0.15) is 5.54 Å². The fraction of sp³-hybridized carbons (Fsp3) is 0.500. The molecule has 108 valence electrons. The van der Waals surface area contributed by atoms with Gasteiger partial charge in [-0.1, -0.05) is 24.3 Å². The maximum Gasteiger partial charge on any atom is 0.248 e. The molecule has 1 aromatic carbocycles. The first-order chi connectivity index (χ1) is 9.31. The van der Waals surface area contributed by atoms with Gasteiger partial charge in [-0.2, -0.15) is 0 Å². The van der Waals surface area contributed by atoms with Gasteiger partial charge in [-0.25, -0.2) is 0 Å². The van der Waals surface area contributed by atoms with Crippen LogP contribution in [0.4, 0.5) is 0 Å². The number of carbonyl (C=O) groups is 2. The predicted octanol–water partition coefficient (Wildman–Crippen LogP) is 2.01. The quantitative estimate of drug-likeness (QED) is 0.897. The van der Waals surface area contributed by atoms with E-state index >= 15 is 0 Å². The van der Waals surface area contributed by atoms with Crippen LogP contribution in [-0.2, 0) is 16.1 Å². The van der Waals surface area contributed by atoms with Crippen LogP contribution in [0.1, 0.15) is 38.3 Å². The Morgan fingerprint density at radius 1 is 1.30 bits per heavy atom. The van der Waals surface area contributed by atoms with E-state index in [-0.39, 0.29) is 17.9 Å². The third-order valence-corrected chi connectivity index (χ3v) is 3.86. The van der Waals surface area contributed by atoms with Crippen LogP contribution >= 0.6 is 0 Å². The third kappa shape index (κ3) is 2.84. The molecule has 0 bridgehead atoms. The molecule has 20 heavy (non-hydrogen) atoms. The second-order valence-electron chi connectivity index (χ2n) is 6.09. The average molecular weight is 274 g/mol. The summed E-state index contributed by atoms with van der Waals surface area (Å²) in [7, 11) is 0. The van der Waals surface area contributed by atoms with Gasteiger partial charge >= 0.3 is 0 Å². The number of carbonyl (C=O) groups excluding carboxylic acids is 2. The fourth-order valence-corrected chi connectivity index (χ4v) is 2.59. The number of hydrogen-bond donors (Lipinski definition) is 1. The Morgan fingerprint density at radius 3 is 2.60 bits per heavy atom. The number of nitrogens with one attached hydrogen (secondary N) is 1. The van der Waals surface area contributed by atoms with Gasteiger partial charge < -0.3 is 10.2 Å². The summed E-state index contributed by atoms with van der Waals surface area (Å²) in [6.45, 7) is 8.03. The Balaban J connectivity index is 2.30. The monoisotopic (exact) mass is 274 g/mol. The minimum atomic E-state index is -0.843. The van der Waals surface area contributed by atoms with Crippen molar-refractivity contribution in [3.8, 4) is 0 Å². The van der Waals surface area contributed by atoms with Crippen LogP contribution in [-0.4, -0.2) is 28.3 Å². The zero-order valence-electron chi connectivity index (χ0n) is 12.6. The van der Waals surface area contributed by atoms with E-state index in [2.05, 4.69) is 5.32 Å². The van der Waals surface area contributed by atoms with E-state index in [1.54, 1.807) is 18.7 Å². The van der Waals surface area contributed by atoms with Gasteiger partial charge in [0.25, 0.3) is 0 Å². The van der Waals surface area contributed by atoms with Crippen molar-refractivity contribution in [2.24, 2.45) is 0 Å². The molecule has 1 heterocycles. The summed E-state index contributed by atoms with van der Waals surface area (Å²) in [5.74, 6) is -0.0952. The number of amides is 2. The van der Waals surface area contributed by atoms with E-state index in [1.807, 2.05) is 38.1 Å². The van der Waals surface area contributed by atoms with Gasteiger partial charge in [-0.3, -0.25) is 9.59 Å². The summed E-state index contributed by atoms with van der Waals surface area (Å²) in [5, 5.41) is 2.80. The lowest BCUT2D eigenvalue weighted by Crippen LogP contribution is -2.53. The van der Waals surface area contributed by atoms with Crippen molar-refractivity contribution >= 4 is 11.8 Å². The summed E-state index contributed by atoms with van der Waals surface area (Å²) < 4.78 is 0. The van der Waals surface area contributed by atoms with Crippen molar-refractivity contribution in [3.63, 3.8) is 0 Å². The van der Waals surface area contributed by atoms with E-state index in [0.29, 0.717) is 13.0 Å². The molecule has 1 aromatic rings. The van der Waals surface area contributed by atoms with Gasteiger partial charge in [-0.05, 0) is 38.8 Å². The normalized spacial score (nSPS) is 22.4. The van der Waals surface area contributed by atoms with Gasteiger partial charge in [0.15, 0.2) is 0 Å². The van der Waals surface area contributed by atoms with Crippen molar-refractivity contribution in [1.29, 1.82) is 0 Å². The number of benzene rings is 1. The predicted molar refractivity (Wildman–Crippen MR) is 78.0 cm³/mol. The highest BCUT2D eigenvalue weighted by atomic mass is 16.2. The van der Waals surface area contributed by atoms with E-state index in [1.165, 1.54) is 0 Å². The molecular formula is C16H22N2O2. The Kier molecular flexibility index (Phi) is 3.84. The molecule has 2 amide bonds. The molecule has 2 rings (SSSR count). The number of nitrogens with zero attached hydrogens (tertiary/aromatic N) is 1. The lowest BCUT2D eigenvalue weighted by molar-refractivity contribution is -0.139. The van der Waals surface area contributed by atoms with Gasteiger partial charge in [0, 0.05) is 19.0 Å². The minimum Gasteiger partial charge on any atom is -0.342 e. The first-order valence-corrected chi connectivity index (χ1v) is 6.98. The third-order valence-electron chi connectivity index (χ3n) is 3.86. The Labute approximate surface area is 120 Å². The van der Waals surface area contributed by atoms with Crippen molar-refractivity contribution in [2.45, 2.75) is 52.2 Å². The highest BCUT2D eigenvalue weighted by Crippen LogP contribution is 2.21. The Bertz CT molecular complexity index is 537. The molecule has 1 saturated heterocycles. The first-order valence-electron chi connectivity index (χ1n) is 6.98. The lowest BCUT2D eigenvalue weighted by Gasteiger charge is -2.32. The van der Waals surface area contributed by atoms with Crippen LogP contribution in [0.3, 0.4) is 0 Å². The molecule has 4 heteroatoms. The highest BCUT2D eigenvalue weighted by Gasteiger charge is 2.39. The molecule has 4 nitrogen and oxygen atoms in total. The SMILES string of the molecule is Cc1ccccc1CN1C(=O)C(C)(C)NC(=O)CC1C. The lowest BCUT2D eigenvalue weighted by atomic mass is 10.0. The topological polar surface area (TPSA) is 49.4 Å². The highest BCUT2D eigenvalue weighted by molar-refractivity contribution is 5.93. The molecule has 1 atom stereocenters. The molecule has 1 N–H and O–H groups in total. The fourth-order valence-electron chi connectivity index (χ4n) is 2.59. The summed E-state index contributed by atoms with van der Waals surface area (Å²) in [6, 6.07) is 7.94.